The van der Waals surface area contributed by atoms with Crippen LogP contribution >= 0.6 is 11.6 Å². The summed E-state index contributed by atoms with van der Waals surface area (Å²) in [6, 6.07) is 4.55. The largest absolute Gasteiger partial charge is 0.465 e. The summed E-state index contributed by atoms with van der Waals surface area (Å²) in [5.74, 6) is -0.457. The second-order valence-corrected chi connectivity index (χ2v) is 6.14. The topological polar surface area (TPSA) is 61.4 Å². The van der Waals surface area contributed by atoms with Crippen LogP contribution in [0, 0.1) is 11.2 Å². The van der Waals surface area contributed by atoms with Gasteiger partial charge >= 0.3 is 6.09 Å². The normalized spacial score (nSPS) is 13.1. The smallest absolute Gasteiger partial charge is 0.404 e. The van der Waals surface area contributed by atoms with E-state index in [0.29, 0.717) is 6.54 Å². The molecule has 1 unspecified atom stereocenters. The standard InChI is InChI=1S/C14H20ClFN2O2/c1-14(2,3)12(8-18-13(19)20)17-7-9-4-5-10(15)11(16)6-9/h4-6,12,17-18H,7-8H2,1-3H3,(H,19,20). The van der Waals surface area contributed by atoms with Crippen molar-refractivity contribution in [1.29, 1.82) is 0 Å². The Hall–Kier alpha value is -1.33. The fourth-order valence-corrected chi connectivity index (χ4v) is 1.88. The Kier molecular flexibility index (Phi) is 5.77. The molecule has 1 rings (SSSR count). The Morgan fingerprint density at radius 3 is 2.60 bits per heavy atom. The minimum Gasteiger partial charge on any atom is -0.465 e. The van der Waals surface area contributed by atoms with Gasteiger partial charge in [-0.05, 0) is 23.1 Å². The van der Waals surface area contributed by atoms with Gasteiger partial charge in [-0.1, -0.05) is 38.4 Å². The van der Waals surface area contributed by atoms with Crippen LogP contribution in [0.25, 0.3) is 0 Å². The first kappa shape index (κ1) is 16.7. The minimum atomic E-state index is -1.06. The van der Waals surface area contributed by atoms with Crippen molar-refractivity contribution in [2.75, 3.05) is 6.54 Å². The van der Waals surface area contributed by atoms with Gasteiger partial charge in [0.1, 0.15) is 5.82 Å². The van der Waals surface area contributed by atoms with Crippen molar-refractivity contribution >= 4 is 17.7 Å². The molecular weight excluding hydrogens is 283 g/mol. The number of amides is 1. The number of rotatable bonds is 5. The zero-order valence-corrected chi connectivity index (χ0v) is 12.6. The molecule has 0 heterocycles. The van der Waals surface area contributed by atoms with E-state index in [4.69, 9.17) is 16.7 Å². The molecule has 3 N–H and O–H groups in total. The summed E-state index contributed by atoms with van der Waals surface area (Å²) in [5.41, 5.74) is 0.629. The van der Waals surface area contributed by atoms with Crippen molar-refractivity contribution in [2.45, 2.75) is 33.4 Å². The van der Waals surface area contributed by atoms with Crippen molar-refractivity contribution in [3.63, 3.8) is 0 Å². The number of carbonyl (C=O) groups is 1. The number of halogens is 2. The Morgan fingerprint density at radius 2 is 2.10 bits per heavy atom. The third kappa shape index (κ3) is 5.35. The lowest BCUT2D eigenvalue weighted by Gasteiger charge is -2.31. The van der Waals surface area contributed by atoms with Gasteiger partial charge in [-0.25, -0.2) is 9.18 Å². The molecule has 1 aromatic rings. The van der Waals surface area contributed by atoms with Crippen molar-refractivity contribution in [3.8, 4) is 0 Å². The van der Waals surface area contributed by atoms with E-state index in [1.165, 1.54) is 12.1 Å². The maximum absolute atomic E-state index is 13.3. The molecule has 0 radical (unpaired) electrons. The molecule has 0 saturated heterocycles. The predicted molar refractivity (Wildman–Crippen MR) is 77.5 cm³/mol. The summed E-state index contributed by atoms with van der Waals surface area (Å²) >= 11 is 5.63. The number of hydrogen-bond donors (Lipinski definition) is 3. The average molecular weight is 303 g/mol. The number of hydrogen-bond acceptors (Lipinski definition) is 2. The molecule has 112 valence electrons. The van der Waals surface area contributed by atoms with Crippen LogP contribution in [-0.4, -0.2) is 23.8 Å². The SMILES string of the molecule is CC(C)(C)C(CNC(=O)O)NCc1ccc(Cl)c(F)c1. The fourth-order valence-electron chi connectivity index (χ4n) is 1.76. The molecule has 1 aromatic carbocycles. The monoisotopic (exact) mass is 302 g/mol. The molecule has 0 aliphatic rings. The van der Waals surface area contributed by atoms with Gasteiger partial charge in [0.05, 0.1) is 5.02 Å². The first-order valence-corrected chi connectivity index (χ1v) is 6.72. The molecule has 1 atom stereocenters. The second-order valence-electron chi connectivity index (χ2n) is 5.73. The number of nitrogens with one attached hydrogen (secondary N) is 2. The van der Waals surface area contributed by atoms with Gasteiger partial charge < -0.3 is 15.7 Å². The summed E-state index contributed by atoms with van der Waals surface area (Å²) in [7, 11) is 0. The summed E-state index contributed by atoms with van der Waals surface area (Å²) in [6.07, 6.45) is -1.06. The molecule has 0 aromatic heterocycles. The molecule has 20 heavy (non-hydrogen) atoms. The molecule has 6 heteroatoms. The molecule has 0 spiro atoms. The highest BCUT2D eigenvalue weighted by Gasteiger charge is 2.24. The molecular formula is C14H20ClFN2O2. The molecule has 1 amide bonds. The molecule has 0 aliphatic carbocycles. The van der Waals surface area contributed by atoms with Crippen LogP contribution in [0.3, 0.4) is 0 Å². The molecule has 0 aliphatic heterocycles. The van der Waals surface area contributed by atoms with Gasteiger partial charge in [-0.2, -0.15) is 0 Å². The first-order valence-electron chi connectivity index (χ1n) is 6.34. The Labute approximate surface area is 123 Å². The van der Waals surface area contributed by atoms with Crippen LogP contribution in [0.4, 0.5) is 9.18 Å². The van der Waals surface area contributed by atoms with Crippen LogP contribution < -0.4 is 10.6 Å². The van der Waals surface area contributed by atoms with E-state index < -0.39 is 11.9 Å². The predicted octanol–water partition coefficient (Wildman–Crippen LogP) is 3.25. The number of benzene rings is 1. The van der Waals surface area contributed by atoms with Crippen molar-refractivity contribution in [1.82, 2.24) is 10.6 Å². The fraction of sp³-hybridized carbons (Fsp3) is 0.500. The van der Waals surface area contributed by atoms with E-state index >= 15 is 0 Å². The highest BCUT2D eigenvalue weighted by atomic mass is 35.5. The third-order valence-electron chi connectivity index (χ3n) is 3.04. The molecule has 4 nitrogen and oxygen atoms in total. The van der Waals surface area contributed by atoms with E-state index in [1.807, 2.05) is 20.8 Å². The molecule has 0 saturated carbocycles. The zero-order chi connectivity index (χ0) is 15.3. The molecule has 0 fully saturated rings. The lowest BCUT2D eigenvalue weighted by atomic mass is 9.86. The quantitative estimate of drug-likeness (QED) is 0.782. The van der Waals surface area contributed by atoms with Crippen LogP contribution in [0.2, 0.25) is 5.02 Å². The Morgan fingerprint density at radius 1 is 1.45 bits per heavy atom. The van der Waals surface area contributed by atoms with Crippen molar-refractivity contribution in [2.24, 2.45) is 5.41 Å². The van der Waals surface area contributed by atoms with Crippen LogP contribution in [-0.2, 0) is 6.54 Å². The Bertz CT molecular complexity index is 475. The van der Waals surface area contributed by atoms with Gasteiger partial charge in [0.2, 0.25) is 0 Å². The van der Waals surface area contributed by atoms with Crippen LogP contribution in [0.15, 0.2) is 18.2 Å². The highest BCUT2D eigenvalue weighted by Crippen LogP contribution is 2.20. The summed E-state index contributed by atoms with van der Waals surface area (Å²) < 4.78 is 13.3. The van der Waals surface area contributed by atoms with Gasteiger partial charge in [0.15, 0.2) is 0 Å². The first-order chi connectivity index (χ1) is 9.20. The van der Waals surface area contributed by atoms with E-state index in [9.17, 15) is 9.18 Å². The van der Waals surface area contributed by atoms with E-state index in [0.717, 1.165) is 5.56 Å². The van der Waals surface area contributed by atoms with E-state index in [-0.39, 0.29) is 23.0 Å². The van der Waals surface area contributed by atoms with Crippen molar-refractivity contribution < 1.29 is 14.3 Å². The lowest BCUT2D eigenvalue weighted by Crippen LogP contribution is -2.48. The van der Waals surface area contributed by atoms with Crippen LogP contribution in [0.1, 0.15) is 26.3 Å². The van der Waals surface area contributed by atoms with Gasteiger partial charge in [0, 0.05) is 19.1 Å². The maximum atomic E-state index is 13.3. The zero-order valence-electron chi connectivity index (χ0n) is 11.8. The third-order valence-corrected chi connectivity index (χ3v) is 3.35. The summed E-state index contributed by atoms with van der Waals surface area (Å²) in [5, 5.41) is 14.4. The minimum absolute atomic E-state index is 0.0719. The van der Waals surface area contributed by atoms with Gasteiger partial charge in [-0.15, -0.1) is 0 Å². The second kappa shape index (κ2) is 6.90. The van der Waals surface area contributed by atoms with Crippen LogP contribution in [0.5, 0.6) is 0 Å². The van der Waals surface area contributed by atoms with Gasteiger partial charge in [-0.3, -0.25) is 0 Å². The summed E-state index contributed by atoms with van der Waals surface area (Å²) in [6.45, 7) is 6.76. The summed E-state index contributed by atoms with van der Waals surface area (Å²) in [4.78, 5) is 10.6. The van der Waals surface area contributed by atoms with E-state index in [2.05, 4.69) is 10.6 Å². The maximum Gasteiger partial charge on any atom is 0.404 e. The van der Waals surface area contributed by atoms with Crippen molar-refractivity contribution in [3.05, 3.63) is 34.6 Å². The van der Waals surface area contributed by atoms with Gasteiger partial charge in [0.25, 0.3) is 0 Å². The van der Waals surface area contributed by atoms with E-state index in [1.54, 1.807) is 6.07 Å². The average Bonchev–Trinajstić information content (AvgIpc) is 2.31. The Balaban J connectivity index is 2.65. The number of carboxylic acid groups (broad SMARTS) is 1. The lowest BCUT2D eigenvalue weighted by molar-refractivity contribution is 0.186. The highest BCUT2D eigenvalue weighted by molar-refractivity contribution is 6.30. The molecule has 0 bridgehead atoms.